The van der Waals surface area contributed by atoms with Gasteiger partial charge in [-0.1, -0.05) is 35.9 Å². The lowest BCUT2D eigenvalue weighted by Gasteiger charge is -2.04. The molecule has 0 unspecified atom stereocenters. The van der Waals surface area contributed by atoms with Crippen molar-refractivity contribution < 1.29 is 4.79 Å². The molecule has 2 aromatic carbocycles. The first-order chi connectivity index (χ1) is 14.5. The first-order valence-corrected chi connectivity index (χ1v) is 10.9. The van der Waals surface area contributed by atoms with E-state index in [0.29, 0.717) is 0 Å². The van der Waals surface area contributed by atoms with Gasteiger partial charge >= 0.3 is 0 Å². The lowest BCUT2D eigenvalue weighted by atomic mass is 10.1. The predicted octanol–water partition coefficient (Wildman–Crippen LogP) is 5.99. The molecular formula is C25H23N3OS. The third kappa shape index (κ3) is 4.31. The molecule has 0 spiro atoms. The standard InChI is InChI=1S/C25H23N3OS/c1-17-7-9-19(10-8-17)25-22(28-14-13-18(2)15-23(28)27-25)11-12-24(29)26-20-5-4-6-21(16-20)30-3/h4-16H,1-3H3,(H,26,29)/b12-11+. The minimum Gasteiger partial charge on any atom is -0.322 e. The highest BCUT2D eigenvalue weighted by molar-refractivity contribution is 7.98. The second-order valence-corrected chi connectivity index (χ2v) is 8.08. The zero-order valence-corrected chi connectivity index (χ0v) is 18.0. The Morgan fingerprint density at radius 2 is 1.83 bits per heavy atom. The highest BCUT2D eigenvalue weighted by Gasteiger charge is 2.12. The topological polar surface area (TPSA) is 46.4 Å². The molecule has 0 saturated heterocycles. The Morgan fingerprint density at radius 1 is 1.03 bits per heavy atom. The molecule has 4 nitrogen and oxygen atoms in total. The molecule has 1 N–H and O–H groups in total. The number of fused-ring (bicyclic) bond motifs is 1. The summed E-state index contributed by atoms with van der Waals surface area (Å²) < 4.78 is 2.01. The summed E-state index contributed by atoms with van der Waals surface area (Å²) in [6, 6.07) is 20.2. The molecule has 5 heteroatoms. The summed E-state index contributed by atoms with van der Waals surface area (Å²) in [5, 5.41) is 2.93. The Balaban J connectivity index is 1.69. The number of rotatable bonds is 5. The number of hydrogen-bond donors (Lipinski definition) is 1. The second-order valence-electron chi connectivity index (χ2n) is 7.20. The minimum absolute atomic E-state index is 0.176. The number of hydrogen-bond acceptors (Lipinski definition) is 3. The van der Waals surface area contributed by atoms with Gasteiger partial charge in [-0.3, -0.25) is 9.20 Å². The molecule has 0 aliphatic carbocycles. The van der Waals surface area contributed by atoms with Crippen molar-refractivity contribution in [2.75, 3.05) is 11.6 Å². The van der Waals surface area contributed by atoms with Crippen LogP contribution in [-0.4, -0.2) is 21.5 Å². The number of thioether (sulfide) groups is 1. The molecular weight excluding hydrogens is 390 g/mol. The molecule has 2 heterocycles. The highest BCUT2D eigenvalue weighted by atomic mass is 32.2. The van der Waals surface area contributed by atoms with E-state index in [1.54, 1.807) is 17.8 Å². The number of benzene rings is 2. The number of nitrogens with zero attached hydrogens (tertiary/aromatic N) is 2. The van der Waals surface area contributed by atoms with Crippen LogP contribution in [0.15, 0.2) is 77.8 Å². The third-order valence-corrected chi connectivity index (χ3v) is 5.60. The summed E-state index contributed by atoms with van der Waals surface area (Å²) in [6.07, 6.45) is 7.40. The molecule has 0 saturated carbocycles. The van der Waals surface area contributed by atoms with Gasteiger partial charge < -0.3 is 5.32 Å². The fourth-order valence-corrected chi connectivity index (χ4v) is 3.75. The third-order valence-electron chi connectivity index (χ3n) is 4.87. The van der Waals surface area contributed by atoms with Crippen LogP contribution in [0.1, 0.15) is 16.8 Å². The van der Waals surface area contributed by atoms with Crippen LogP contribution in [0, 0.1) is 13.8 Å². The fourth-order valence-electron chi connectivity index (χ4n) is 3.29. The van der Waals surface area contributed by atoms with Crippen LogP contribution in [0.4, 0.5) is 5.69 Å². The molecule has 30 heavy (non-hydrogen) atoms. The molecule has 0 radical (unpaired) electrons. The summed E-state index contributed by atoms with van der Waals surface area (Å²) in [4.78, 5) is 18.5. The van der Waals surface area contributed by atoms with Gasteiger partial charge in [0.25, 0.3) is 0 Å². The van der Waals surface area contributed by atoms with Crippen molar-refractivity contribution >= 4 is 35.1 Å². The SMILES string of the molecule is CSc1cccc(NC(=O)/C=C/c2c(-c3ccc(C)cc3)nc3cc(C)ccn23)c1. The van der Waals surface area contributed by atoms with Gasteiger partial charge in [0.15, 0.2) is 0 Å². The summed E-state index contributed by atoms with van der Waals surface area (Å²) in [5.41, 5.74) is 6.74. The van der Waals surface area contributed by atoms with E-state index in [-0.39, 0.29) is 5.91 Å². The van der Waals surface area contributed by atoms with Crippen LogP contribution in [0.2, 0.25) is 0 Å². The number of nitrogens with one attached hydrogen (secondary N) is 1. The molecule has 0 aliphatic rings. The lowest BCUT2D eigenvalue weighted by Crippen LogP contribution is -2.07. The number of anilines is 1. The van der Waals surface area contributed by atoms with Gasteiger partial charge in [0.2, 0.25) is 5.91 Å². The first-order valence-electron chi connectivity index (χ1n) is 9.72. The molecule has 4 rings (SSSR count). The van der Waals surface area contributed by atoms with Gasteiger partial charge in [-0.05, 0) is 62.1 Å². The molecule has 0 fully saturated rings. The van der Waals surface area contributed by atoms with Crippen molar-refractivity contribution in [2.45, 2.75) is 18.7 Å². The zero-order chi connectivity index (χ0) is 21.1. The Kier molecular flexibility index (Phi) is 5.72. The average Bonchev–Trinajstić information content (AvgIpc) is 3.10. The monoisotopic (exact) mass is 413 g/mol. The van der Waals surface area contributed by atoms with E-state index >= 15 is 0 Å². The Bertz CT molecular complexity index is 1240. The van der Waals surface area contributed by atoms with Gasteiger partial charge in [0, 0.05) is 28.4 Å². The van der Waals surface area contributed by atoms with Crippen molar-refractivity contribution in [3.05, 3.63) is 89.8 Å². The molecule has 0 atom stereocenters. The zero-order valence-electron chi connectivity index (χ0n) is 17.2. The predicted molar refractivity (Wildman–Crippen MR) is 126 cm³/mol. The van der Waals surface area contributed by atoms with Crippen LogP contribution in [0.5, 0.6) is 0 Å². The number of carbonyl (C=O) groups is 1. The van der Waals surface area contributed by atoms with Gasteiger partial charge in [0.05, 0.1) is 11.4 Å². The second kappa shape index (κ2) is 8.59. The lowest BCUT2D eigenvalue weighted by molar-refractivity contribution is -0.111. The molecule has 0 bridgehead atoms. The average molecular weight is 414 g/mol. The summed E-state index contributed by atoms with van der Waals surface area (Å²) in [7, 11) is 0. The van der Waals surface area contributed by atoms with Crippen molar-refractivity contribution in [1.82, 2.24) is 9.38 Å². The van der Waals surface area contributed by atoms with Crippen molar-refractivity contribution in [1.29, 1.82) is 0 Å². The fraction of sp³-hybridized carbons (Fsp3) is 0.120. The molecule has 1 amide bonds. The normalized spacial score (nSPS) is 11.3. The van der Waals surface area contributed by atoms with Crippen LogP contribution < -0.4 is 5.32 Å². The molecule has 150 valence electrons. The van der Waals surface area contributed by atoms with Gasteiger partial charge in [-0.25, -0.2) is 4.98 Å². The van der Waals surface area contributed by atoms with E-state index < -0.39 is 0 Å². The van der Waals surface area contributed by atoms with Crippen LogP contribution in [0.25, 0.3) is 23.0 Å². The maximum atomic E-state index is 12.6. The van der Waals surface area contributed by atoms with Gasteiger partial charge in [-0.15, -0.1) is 11.8 Å². The van der Waals surface area contributed by atoms with Gasteiger partial charge in [0.1, 0.15) is 5.65 Å². The first kappa shape index (κ1) is 20.0. The number of carbonyl (C=O) groups excluding carboxylic acids is 1. The van der Waals surface area contributed by atoms with Crippen molar-refractivity contribution in [3.8, 4) is 11.3 Å². The van der Waals surface area contributed by atoms with Crippen LogP contribution in [-0.2, 0) is 4.79 Å². The number of pyridine rings is 1. The minimum atomic E-state index is -0.176. The summed E-state index contributed by atoms with van der Waals surface area (Å²) in [6.45, 7) is 4.11. The maximum absolute atomic E-state index is 12.6. The van der Waals surface area contributed by atoms with E-state index in [1.807, 2.05) is 66.3 Å². The summed E-state index contributed by atoms with van der Waals surface area (Å²) >= 11 is 1.64. The maximum Gasteiger partial charge on any atom is 0.248 e. The highest BCUT2D eigenvalue weighted by Crippen LogP contribution is 2.26. The van der Waals surface area contributed by atoms with E-state index in [0.717, 1.165) is 38.7 Å². The van der Waals surface area contributed by atoms with E-state index in [4.69, 9.17) is 4.98 Å². The number of amides is 1. The molecule has 2 aromatic heterocycles. The summed E-state index contributed by atoms with van der Waals surface area (Å²) in [5.74, 6) is -0.176. The number of aromatic nitrogens is 2. The van der Waals surface area contributed by atoms with Crippen LogP contribution in [0.3, 0.4) is 0 Å². The van der Waals surface area contributed by atoms with Gasteiger partial charge in [-0.2, -0.15) is 0 Å². The number of imidazole rings is 1. The largest absolute Gasteiger partial charge is 0.322 e. The van der Waals surface area contributed by atoms with Crippen molar-refractivity contribution in [2.24, 2.45) is 0 Å². The van der Waals surface area contributed by atoms with E-state index in [2.05, 4.69) is 36.5 Å². The molecule has 0 aliphatic heterocycles. The van der Waals surface area contributed by atoms with Crippen molar-refractivity contribution in [3.63, 3.8) is 0 Å². The quantitative estimate of drug-likeness (QED) is 0.323. The Labute approximate surface area is 180 Å². The Morgan fingerprint density at radius 3 is 2.60 bits per heavy atom. The number of aryl methyl sites for hydroxylation is 2. The van der Waals surface area contributed by atoms with Crippen LogP contribution >= 0.6 is 11.8 Å². The van der Waals surface area contributed by atoms with E-state index in [1.165, 1.54) is 5.56 Å². The Hall–Kier alpha value is -3.31. The smallest absolute Gasteiger partial charge is 0.248 e. The molecule has 4 aromatic rings. The van der Waals surface area contributed by atoms with E-state index in [9.17, 15) is 4.79 Å².